The van der Waals surface area contributed by atoms with Crippen LogP contribution in [0.5, 0.6) is 0 Å². The number of hydrogen-bond donors (Lipinski definition) is 0. The minimum atomic E-state index is -0.516. The summed E-state index contributed by atoms with van der Waals surface area (Å²) < 4.78 is 4.38. The van der Waals surface area contributed by atoms with Gasteiger partial charge in [-0.3, -0.25) is 0 Å². The Morgan fingerprint density at radius 1 is 1.67 bits per heavy atom. The van der Waals surface area contributed by atoms with Crippen LogP contribution in [0, 0.1) is 0 Å². The van der Waals surface area contributed by atoms with Crippen molar-refractivity contribution in [2.45, 2.75) is 6.92 Å². The van der Waals surface area contributed by atoms with Crippen molar-refractivity contribution < 1.29 is 9.53 Å². The second-order valence-corrected chi connectivity index (χ2v) is 2.19. The van der Waals surface area contributed by atoms with Crippen LogP contribution in [0.4, 0.5) is 0 Å². The fraction of sp³-hybridized carbons (Fsp3) is 0.400. The quantitative estimate of drug-likeness (QED) is 0.465. The maximum atomic E-state index is 10.4. The molecule has 0 heterocycles. The molecule has 0 N–H and O–H groups in total. The van der Waals surface area contributed by atoms with E-state index in [0.717, 1.165) is 6.08 Å². The van der Waals surface area contributed by atoms with E-state index in [2.05, 4.69) is 4.74 Å². The lowest BCUT2D eigenvalue weighted by molar-refractivity contribution is -0.137. The summed E-state index contributed by atoms with van der Waals surface area (Å²) >= 11 is 10.3. The molecule has 0 aromatic heterocycles. The average Bonchev–Trinajstić information content (AvgIpc) is 1.63. The van der Waals surface area contributed by atoms with Crippen LogP contribution in [-0.2, 0) is 9.53 Å². The lowest BCUT2D eigenvalue weighted by Gasteiger charge is -1.92. The van der Waals surface area contributed by atoms with E-state index in [1.54, 1.807) is 6.92 Å². The Morgan fingerprint density at radius 2 is 2.22 bits per heavy atom. The van der Waals surface area contributed by atoms with E-state index in [1.165, 1.54) is 0 Å². The molecule has 0 spiro atoms. The Morgan fingerprint density at radius 3 is 2.56 bits per heavy atom. The third kappa shape index (κ3) is 5.66. The third-order valence-electron chi connectivity index (χ3n) is 0.514. The molecule has 0 radical (unpaired) electrons. The van der Waals surface area contributed by atoms with Gasteiger partial charge in [-0.15, -0.1) is 0 Å². The van der Waals surface area contributed by atoms with Gasteiger partial charge in [0.05, 0.1) is 12.7 Å². The summed E-state index contributed by atoms with van der Waals surface area (Å²) in [6.07, 6.45) is 1.01. The van der Waals surface area contributed by atoms with Gasteiger partial charge in [0, 0.05) is 0 Å². The van der Waals surface area contributed by atoms with Gasteiger partial charge in [-0.05, 0) is 6.92 Å². The number of hydrogen-bond acceptors (Lipinski definition) is 2. The average molecular weight is 169 g/mol. The zero-order valence-electron chi connectivity index (χ0n) is 4.86. The van der Waals surface area contributed by atoms with Crippen LogP contribution >= 0.6 is 23.2 Å². The van der Waals surface area contributed by atoms with Crippen LogP contribution in [0.15, 0.2) is 10.6 Å². The molecule has 4 heteroatoms. The van der Waals surface area contributed by atoms with Gasteiger partial charge in [-0.25, -0.2) is 4.79 Å². The Bertz CT molecular complexity index is 127. The smallest absolute Gasteiger partial charge is 0.333 e. The number of carbonyl (C=O) groups is 1. The van der Waals surface area contributed by atoms with Crippen LogP contribution in [0.2, 0.25) is 0 Å². The van der Waals surface area contributed by atoms with Crippen molar-refractivity contribution >= 4 is 29.2 Å². The summed E-state index contributed by atoms with van der Waals surface area (Å²) in [4.78, 5) is 10.4. The van der Waals surface area contributed by atoms with E-state index in [1.807, 2.05) is 0 Å². The SMILES string of the molecule is CCOC(=O)C=C(Cl)Cl. The molecular weight excluding hydrogens is 163 g/mol. The number of esters is 1. The van der Waals surface area contributed by atoms with Crippen molar-refractivity contribution in [3.8, 4) is 0 Å². The van der Waals surface area contributed by atoms with Gasteiger partial charge in [0.2, 0.25) is 0 Å². The molecule has 52 valence electrons. The Kier molecular flexibility index (Phi) is 4.54. The lowest BCUT2D eigenvalue weighted by atomic mass is 10.6. The second kappa shape index (κ2) is 4.65. The lowest BCUT2D eigenvalue weighted by Crippen LogP contribution is -1.98. The highest BCUT2D eigenvalue weighted by Crippen LogP contribution is 2.05. The largest absolute Gasteiger partial charge is 0.463 e. The molecule has 0 unspecified atom stereocenters. The molecule has 0 bridgehead atoms. The molecule has 0 aliphatic heterocycles. The summed E-state index contributed by atoms with van der Waals surface area (Å²) in [5, 5.41) is 0. The van der Waals surface area contributed by atoms with Crippen molar-refractivity contribution in [2.75, 3.05) is 6.61 Å². The maximum Gasteiger partial charge on any atom is 0.333 e. The predicted octanol–water partition coefficient (Wildman–Crippen LogP) is 1.87. The Balaban J connectivity index is 3.63. The van der Waals surface area contributed by atoms with E-state index >= 15 is 0 Å². The zero-order valence-corrected chi connectivity index (χ0v) is 6.37. The summed E-state index contributed by atoms with van der Waals surface area (Å²) in [5.74, 6) is -0.516. The zero-order chi connectivity index (χ0) is 7.28. The second-order valence-electron chi connectivity index (χ2n) is 1.19. The molecule has 9 heavy (non-hydrogen) atoms. The molecule has 0 aliphatic rings. The van der Waals surface area contributed by atoms with Crippen molar-refractivity contribution in [3.05, 3.63) is 10.6 Å². The summed E-state index contributed by atoms with van der Waals surface area (Å²) in [6, 6.07) is 0. The highest BCUT2D eigenvalue weighted by Gasteiger charge is 1.95. The monoisotopic (exact) mass is 168 g/mol. The van der Waals surface area contributed by atoms with Crippen LogP contribution in [0.25, 0.3) is 0 Å². The molecule has 0 aliphatic carbocycles. The maximum absolute atomic E-state index is 10.4. The summed E-state index contributed by atoms with van der Waals surface area (Å²) in [5.41, 5.74) is 0. The van der Waals surface area contributed by atoms with E-state index in [4.69, 9.17) is 23.2 Å². The van der Waals surface area contributed by atoms with Crippen molar-refractivity contribution in [2.24, 2.45) is 0 Å². The van der Waals surface area contributed by atoms with E-state index < -0.39 is 5.97 Å². The molecule has 0 aromatic rings. The first-order valence-electron chi connectivity index (χ1n) is 2.36. The number of rotatable bonds is 2. The van der Waals surface area contributed by atoms with Gasteiger partial charge in [-0.1, -0.05) is 23.2 Å². The van der Waals surface area contributed by atoms with Gasteiger partial charge >= 0.3 is 5.97 Å². The minimum Gasteiger partial charge on any atom is -0.463 e. The van der Waals surface area contributed by atoms with Crippen molar-refractivity contribution in [1.29, 1.82) is 0 Å². The Hall–Kier alpha value is -0.210. The highest BCUT2D eigenvalue weighted by molar-refractivity contribution is 6.56. The molecule has 0 rings (SSSR count). The van der Waals surface area contributed by atoms with Crippen LogP contribution in [-0.4, -0.2) is 12.6 Å². The van der Waals surface area contributed by atoms with Gasteiger partial charge in [-0.2, -0.15) is 0 Å². The molecule has 0 atom stereocenters. The van der Waals surface area contributed by atoms with Crippen molar-refractivity contribution in [3.63, 3.8) is 0 Å². The minimum absolute atomic E-state index is 0.0894. The first kappa shape index (κ1) is 8.79. The number of ether oxygens (including phenoxy) is 1. The molecule has 0 saturated carbocycles. The first-order chi connectivity index (χ1) is 4.16. The number of halogens is 2. The van der Waals surface area contributed by atoms with Gasteiger partial charge in [0.25, 0.3) is 0 Å². The third-order valence-corrected chi connectivity index (χ3v) is 0.732. The van der Waals surface area contributed by atoms with Crippen LogP contribution < -0.4 is 0 Å². The Labute approximate surface area is 63.4 Å². The molecular formula is C5H6Cl2O2. The molecule has 0 aromatic carbocycles. The molecule has 0 amide bonds. The predicted molar refractivity (Wildman–Crippen MR) is 36.4 cm³/mol. The van der Waals surface area contributed by atoms with E-state index in [0.29, 0.717) is 6.61 Å². The summed E-state index contributed by atoms with van der Waals surface area (Å²) in [6.45, 7) is 2.03. The first-order valence-corrected chi connectivity index (χ1v) is 3.12. The normalized spacial score (nSPS) is 8.33. The van der Waals surface area contributed by atoms with Crippen molar-refractivity contribution in [1.82, 2.24) is 0 Å². The van der Waals surface area contributed by atoms with Gasteiger partial charge in [0.1, 0.15) is 4.49 Å². The van der Waals surface area contributed by atoms with Crippen LogP contribution in [0.1, 0.15) is 6.92 Å². The van der Waals surface area contributed by atoms with Crippen LogP contribution in [0.3, 0.4) is 0 Å². The summed E-state index contributed by atoms with van der Waals surface area (Å²) in [7, 11) is 0. The fourth-order valence-corrected chi connectivity index (χ4v) is 0.451. The standard InChI is InChI=1S/C5H6Cl2O2/c1-2-9-5(8)3-4(6)7/h3H,2H2,1H3. The number of carbonyl (C=O) groups excluding carboxylic acids is 1. The van der Waals surface area contributed by atoms with E-state index in [9.17, 15) is 4.79 Å². The van der Waals surface area contributed by atoms with E-state index in [-0.39, 0.29) is 4.49 Å². The molecule has 0 saturated heterocycles. The molecule has 0 fully saturated rings. The van der Waals surface area contributed by atoms with Gasteiger partial charge < -0.3 is 4.74 Å². The highest BCUT2D eigenvalue weighted by atomic mass is 35.5. The van der Waals surface area contributed by atoms with Gasteiger partial charge in [0.15, 0.2) is 0 Å². The topological polar surface area (TPSA) is 26.3 Å². The molecule has 2 nitrogen and oxygen atoms in total. The fourth-order valence-electron chi connectivity index (χ4n) is 0.273.